The minimum Gasteiger partial charge on any atom is -0.491 e. The number of nitrogens with zero attached hydrogens (tertiary/aromatic N) is 2. The molecule has 7 heteroatoms. The lowest BCUT2D eigenvalue weighted by molar-refractivity contribution is -0.146. The standard InChI is InChI=1S/C31H35ClN2O4/c1-30(2,37)22-9-12-28-26(19-22)24(25-5-3-15-33-27(25)20-38-28)6-4-16-34-17-13-31(14-18-34,29(35)36)21-7-10-23(32)11-8-21/h3,5-12,15,19,25,27,37H,4,13-14,16-18,20H2,1-2H3,(H,35,36)/b24-6+. The molecule has 5 rings (SSSR count). The van der Waals surface area contributed by atoms with Crippen LogP contribution >= 0.6 is 11.6 Å². The van der Waals surface area contributed by atoms with Crippen molar-refractivity contribution in [1.82, 2.24) is 4.90 Å². The number of aliphatic hydroxyl groups is 1. The number of hydrogen-bond donors (Lipinski definition) is 2. The Kier molecular flexibility index (Phi) is 7.49. The molecule has 2 aromatic carbocycles. The molecule has 1 saturated heterocycles. The van der Waals surface area contributed by atoms with Crippen LogP contribution in [-0.2, 0) is 15.8 Å². The number of aliphatic imine (C=N–C) groups is 1. The minimum absolute atomic E-state index is 0.00906. The van der Waals surface area contributed by atoms with Gasteiger partial charge in [-0.3, -0.25) is 9.79 Å². The Hall–Kier alpha value is -2.93. The molecule has 6 nitrogen and oxygen atoms in total. The van der Waals surface area contributed by atoms with Crippen LogP contribution in [0.4, 0.5) is 0 Å². The molecule has 2 aromatic rings. The molecule has 0 saturated carbocycles. The zero-order valence-corrected chi connectivity index (χ0v) is 22.7. The minimum atomic E-state index is -0.957. The molecule has 0 amide bonds. The van der Waals surface area contributed by atoms with Crippen LogP contribution in [-0.4, -0.2) is 59.6 Å². The molecule has 2 atom stereocenters. The van der Waals surface area contributed by atoms with E-state index in [1.165, 1.54) is 5.57 Å². The summed E-state index contributed by atoms with van der Waals surface area (Å²) in [5.74, 6) is 0.147. The van der Waals surface area contributed by atoms with E-state index in [4.69, 9.17) is 16.3 Å². The summed E-state index contributed by atoms with van der Waals surface area (Å²) < 4.78 is 6.16. The number of halogens is 1. The molecule has 0 bridgehead atoms. The van der Waals surface area contributed by atoms with Gasteiger partial charge in [-0.05, 0) is 93.2 Å². The van der Waals surface area contributed by atoms with Crippen molar-refractivity contribution in [3.8, 4) is 5.75 Å². The van der Waals surface area contributed by atoms with Gasteiger partial charge in [-0.1, -0.05) is 42.0 Å². The van der Waals surface area contributed by atoms with Gasteiger partial charge < -0.3 is 19.8 Å². The fourth-order valence-corrected chi connectivity index (χ4v) is 5.95. The summed E-state index contributed by atoms with van der Waals surface area (Å²) in [6.45, 7) is 6.37. The Morgan fingerprint density at radius 2 is 1.95 bits per heavy atom. The van der Waals surface area contributed by atoms with Crippen molar-refractivity contribution < 1.29 is 19.7 Å². The lowest BCUT2D eigenvalue weighted by Gasteiger charge is -2.39. The van der Waals surface area contributed by atoms with Gasteiger partial charge in [-0.15, -0.1) is 0 Å². The zero-order chi connectivity index (χ0) is 26.9. The topological polar surface area (TPSA) is 82.4 Å². The number of piperidine rings is 1. The van der Waals surface area contributed by atoms with Gasteiger partial charge in [0, 0.05) is 29.3 Å². The van der Waals surface area contributed by atoms with E-state index in [0.29, 0.717) is 24.5 Å². The van der Waals surface area contributed by atoms with E-state index < -0.39 is 17.0 Å². The second kappa shape index (κ2) is 10.7. The molecule has 3 aliphatic rings. The predicted molar refractivity (Wildman–Crippen MR) is 151 cm³/mol. The van der Waals surface area contributed by atoms with Gasteiger partial charge in [0.25, 0.3) is 0 Å². The normalized spacial score (nSPS) is 23.8. The third-order valence-corrected chi connectivity index (χ3v) is 8.44. The highest BCUT2D eigenvalue weighted by atomic mass is 35.5. The molecule has 200 valence electrons. The fourth-order valence-electron chi connectivity index (χ4n) is 5.83. The van der Waals surface area contributed by atoms with Crippen LogP contribution in [0.25, 0.3) is 5.57 Å². The summed E-state index contributed by atoms with van der Waals surface area (Å²) >= 11 is 6.04. The maximum absolute atomic E-state index is 12.4. The quantitative estimate of drug-likeness (QED) is 0.513. The molecular weight excluding hydrogens is 500 g/mol. The van der Waals surface area contributed by atoms with Crippen LogP contribution in [0.15, 0.2) is 65.7 Å². The summed E-state index contributed by atoms with van der Waals surface area (Å²) in [6, 6.07) is 13.2. The fraction of sp³-hybridized carbons (Fsp3) is 0.419. The Morgan fingerprint density at radius 1 is 1.21 bits per heavy atom. The first-order valence-corrected chi connectivity index (χ1v) is 13.7. The van der Waals surface area contributed by atoms with E-state index in [1.54, 1.807) is 26.0 Å². The van der Waals surface area contributed by atoms with Gasteiger partial charge in [0.15, 0.2) is 0 Å². The smallest absolute Gasteiger partial charge is 0.314 e. The third-order valence-electron chi connectivity index (χ3n) is 8.19. The highest BCUT2D eigenvalue weighted by Gasteiger charge is 2.43. The molecule has 0 aromatic heterocycles. The van der Waals surface area contributed by atoms with Crippen LogP contribution in [0.3, 0.4) is 0 Å². The summed E-state index contributed by atoms with van der Waals surface area (Å²) in [7, 11) is 0. The van der Waals surface area contributed by atoms with Gasteiger partial charge in [-0.2, -0.15) is 0 Å². The number of benzene rings is 2. The molecule has 38 heavy (non-hydrogen) atoms. The van der Waals surface area contributed by atoms with Crippen LogP contribution in [0.5, 0.6) is 5.75 Å². The Labute approximate surface area is 229 Å². The first kappa shape index (κ1) is 26.7. The lowest BCUT2D eigenvalue weighted by Crippen LogP contribution is -2.47. The van der Waals surface area contributed by atoms with Crippen molar-refractivity contribution in [2.45, 2.75) is 50.2 Å². The monoisotopic (exact) mass is 534 g/mol. The number of hydrogen-bond acceptors (Lipinski definition) is 5. The number of ether oxygens (including phenoxy) is 1. The van der Waals surface area contributed by atoms with Crippen molar-refractivity contribution in [2.75, 3.05) is 26.2 Å². The SMILES string of the molecule is CC(C)(O)c1ccc2c(c1)/C(=C/CCN1CCC(C(=O)O)(c3ccc(Cl)cc3)CC1)C1C=CC=NC1CO2. The van der Waals surface area contributed by atoms with Crippen LogP contribution in [0, 0.1) is 5.92 Å². The zero-order valence-electron chi connectivity index (χ0n) is 21.9. The van der Waals surface area contributed by atoms with Gasteiger partial charge in [0.1, 0.15) is 12.4 Å². The van der Waals surface area contributed by atoms with E-state index >= 15 is 0 Å². The number of likely N-dealkylation sites (tertiary alicyclic amines) is 1. The molecule has 2 N–H and O–H groups in total. The van der Waals surface area contributed by atoms with E-state index in [9.17, 15) is 15.0 Å². The molecule has 0 aliphatic carbocycles. The molecule has 3 heterocycles. The molecule has 0 spiro atoms. The van der Waals surface area contributed by atoms with Gasteiger partial charge in [-0.25, -0.2) is 0 Å². The number of aliphatic carboxylic acids is 1. The van der Waals surface area contributed by atoms with Crippen LogP contribution in [0.2, 0.25) is 5.02 Å². The molecule has 2 unspecified atom stereocenters. The van der Waals surface area contributed by atoms with Crippen molar-refractivity contribution >= 4 is 29.4 Å². The number of carboxylic acid groups (broad SMARTS) is 1. The number of carbonyl (C=O) groups is 1. The predicted octanol–water partition coefficient (Wildman–Crippen LogP) is 5.48. The van der Waals surface area contributed by atoms with E-state index in [1.807, 2.05) is 42.6 Å². The maximum atomic E-state index is 12.4. The molecule has 0 radical (unpaired) electrons. The number of carboxylic acids is 1. The van der Waals surface area contributed by atoms with Gasteiger partial charge in [0.2, 0.25) is 0 Å². The number of allylic oxidation sites excluding steroid dienone is 1. The molecule has 1 fully saturated rings. The Bertz CT molecular complexity index is 1270. The number of fused-ring (bicyclic) bond motifs is 2. The lowest BCUT2D eigenvalue weighted by atomic mass is 9.73. The summed E-state index contributed by atoms with van der Waals surface area (Å²) in [4.78, 5) is 19.4. The van der Waals surface area contributed by atoms with Crippen LogP contribution in [0.1, 0.15) is 49.8 Å². The molecular formula is C31H35ClN2O4. The van der Waals surface area contributed by atoms with Crippen molar-refractivity contribution in [2.24, 2.45) is 10.9 Å². The number of rotatable bonds is 6. The van der Waals surface area contributed by atoms with Crippen molar-refractivity contribution in [3.63, 3.8) is 0 Å². The van der Waals surface area contributed by atoms with E-state index in [0.717, 1.165) is 48.5 Å². The molecule has 3 aliphatic heterocycles. The second-order valence-corrected chi connectivity index (χ2v) is 11.5. The average molecular weight is 535 g/mol. The summed E-state index contributed by atoms with van der Waals surface area (Å²) in [6.07, 6.45) is 10.2. The largest absolute Gasteiger partial charge is 0.491 e. The third kappa shape index (κ3) is 5.31. The van der Waals surface area contributed by atoms with Gasteiger partial charge in [0.05, 0.1) is 17.1 Å². The van der Waals surface area contributed by atoms with Crippen molar-refractivity contribution in [1.29, 1.82) is 0 Å². The highest BCUT2D eigenvalue weighted by molar-refractivity contribution is 6.30. The van der Waals surface area contributed by atoms with E-state index in [-0.39, 0.29) is 12.0 Å². The average Bonchev–Trinajstić information content (AvgIpc) is 3.06. The van der Waals surface area contributed by atoms with Crippen molar-refractivity contribution in [3.05, 3.63) is 82.4 Å². The van der Waals surface area contributed by atoms with E-state index in [2.05, 4.69) is 22.0 Å². The highest BCUT2D eigenvalue weighted by Crippen LogP contribution is 2.41. The number of dihydropyridines is 1. The summed E-state index contributed by atoms with van der Waals surface area (Å²) in [5.41, 5.74) is 2.01. The Balaban J connectivity index is 1.34. The maximum Gasteiger partial charge on any atom is 0.314 e. The van der Waals surface area contributed by atoms with Crippen LogP contribution < -0.4 is 4.74 Å². The van der Waals surface area contributed by atoms with Gasteiger partial charge >= 0.3 is 5.97 Å². The summed E-state index contributed by atoms with van der Waals surface area (Å²) in [5, 5.41) is 21.4. The first-order chi connectivity index (χ1) is 18.2. The second-order valence-electron chi connectivity index (χ2n) is 11.0. The Morgan fingerprint density at radius 3 is 2.63 bits per heavy atom. The first-order valence-electron chi connectivity index (χ1n) is 13.3.